The smallest absolute Gasteiger partial charge is 0.287 e. The summed E-state index contributed by atoms with van der Waals surface area (Å²) < 4.78 is 17.6. The summed E-state index contributed by atoms with van der Waals surface area (Å²) in [7, 11) is 0. The molecule has 2 aromatic carbocycles. The molecule has 8 heteroatoms. The molecule has 35 heavy (non-hydrogen) atoms. The third-order valence-electron chi connectivity index (χ3n) is 6.87. The summed E-state index contributed by atoms with van der Waals surface area (Å²) in [6.07, 6.45) is 1.02. The van der Waals surface area contributed by atoms with E-state index in [0.29, 0.717) is 39.4 Å². The molecule has 184 valence electrons. The molecule has 1 saturated heterocycles. The standard InChI is InChI=1S/C27H29ClN2O5/c1-17-23-21(34-25(17)26(32)29-10-3-11-30-12-14-33-15-13-30)8-9-22-24(23)20(31)16-27(2,35-22)18-4-6-19(28)7-5-18/h4-9H,3,10-16H2,1-2H3,(H,29,32)/t27-/m1/s1. The van der Waals surface area contributed by atoms with Crippen LogP contribution in [0.25, 0.3) is 11.0 Å². The molecule has 0 unspecified atom stereocenters. The summed E-state index contributed by atoms with van der Waals surface area (Å²) in [5.74, 6) is 0.409. The van der Waals surface area contributed by atoms with Gasteiger partial charge in [0.15, 0.2) is 11.5 Å². The second kappa shape index (κ2) is 9.64. The fourth-order valence-corrected chi connectivity index (χ4v) is 5.07. The van der Waals surface area contributed by atoms with Gasteiger partial charge in [-0.2, -0.15) is 0 Å². The highest BCUT2D eigenvalue weighted by Gasteiger charge is 2.40. The molecule has 3 heterocycles. The largest absolute Gasteiger partial charge is 0.482 e. The summed E-state index contributed by atoms with van der Waals surface area (Å²) in [6.45, 7) is 8.55. The van der Waals surface area contributed by atoms with E-state index in [1.54, 1.807) is 24.3 Å². The van der Waals surface area contributed by atoms with Crippen molar-refractivity contribution < 1.29 is 23.5 Å². The zero-order valence-corrected chi connectivity index (χ0v) is 20.7. The van der Waals surface area contributed by atoms with Gasteiger partial charge in [0, 0.05) is 35.6 Å². The number of ether oxygens (including phenoxy) is 2. The highest BCUT2D eigenvalue weighted by Crippen LogP contribution is 2.44. The molecular weight excluding hydrogens is 468 g/mol. The fourth-order valence-electron chi connectivity index (χ4n) is 4.95. The number of morpholine rings is 1. The number of carbonyl (C=O) groups excluding carboxylic acids is 2. The predicted octanol–water partition coefficient (Wildman–Crippen LogP) is 4.73. The number of rotatable bonds is 6. The van der Waals surface area contributed by atoms with E-state index in [4.69, 9.17) is 25.5 Å². The van der Waals surface area contributed by atoms with Crippen molar-refractivity contribution in [1.82, 2.24) is 10.2 Å². The van der Waals surface area contributed by atoms with E-state index < -0.39 is 5.60 Å². The van der Waals surface area contributed by atoms with E-state index in [2.05, 4.69) is 10.2 Å². The molecule has 1 atom stereocenters. The topological polar surface area (TPSA) is 81.0 Å². The Balaban J connectivity index is 1.34. The van der Waals surface area contributed by atoms with E-state index in [9.17, 15) is 9.59 Å². The average Bonchev–Trinajstić information content (AvgIpc) is 3.19. The quantitative estimate of drug-likeness (QED) is 0.497. The van der Waals surface area contributed by atoms with Gasteiger partial charge in [0.25, 0.3) is 5.91 Å². The minimum Gasteiger partial charge on any atom is -0.482 e. The number of furan rings is 1. The summed E-state index contributed by atoms with van der Waals surface area (Å²) >= 11 is 6.03. The van der Waals surface area contributed by atoms with Crippen molar-refractivity contribution >= 4 is 34.3 Å². The Labute approximate surface area is 209 Å². The minimum atomic E-state index is -0.805. The van der Waals surface area contributed by atoms with Crippen molar-refractivity contribution in [1.29, 1.82) is 0 Å². The first kappa shape index (κ1) is 23.9. The highest BCUT2D eigenvalue weighted by atomic mass is 35.5. The van der Waals surface area contributed by atoms with Crippen molar-refractivity contribution in [3.63, 3.8) is 0 Å². The highest BCUT2D eigenvalue weighted by molar-refractivity contribution is 6.30. The van der Waals surface area contributed by atoms with E-state index in [1.165, 1.54) is 0 Å². The second-order valence-electron chi connectivity index (χ2n) is 9.37. The van der Waals surface area contributed by atoms with Gasteiger partial charge in [-0.15, -0.1) is 0 Å². The molecule has 2 aliphatic heterocycles. The van der Waals surface area contributed by atoms with Gasteiger partial charge in [0.1, 0.15) is 16.9 Å². The minimum absolute atomic E-state index is 0.0457. The van der Waals surface area contributed by atoms with E-state index in [0.717, 1.165) is 44.8 Å². The number of fused-ring (bicyclic) bond motifs is 3. The van der Waals surface area contributed by atoms with Crippen LogP contribution in [0.4, 0.5) is 0 Å². The Hall–Kier alpha value is -2.87. The van der Waals surface area contributed by atoms with Crippen molar-refractivity contribution in [2.24, 2.45) is 0 Å². The van der Waals surface area contributed by atoms with Gasteiger partial charge in [-0.25, -0.2) is 0 Å². The lowest BCUT2D eigenvalue weighted by Gasteiger charge is -2.35. The van der Waals surface area contributed by atoms with E-state index in [1.807, 2.05) is 26.0 Å². The number of hydrogen-bond acceptors (Lipinski definition) is 6. The molecule has 1 fully saturated rings. The van der Waals surface area contributed by atoms with Crippen LogP contribution in [0.1, 0.15) is 51.8 Å². The van der Waals surface area contributed by atoms with Crippen LogP contribution < -0.4 is 10.1 Å². The molecule has 1 N–H and O–H groups in total. The van der Waals surface area contributed by atoms with E-state index in [-0.39, 0.29) is 23.9 Å². The molecule has 2 aliphatic rings. The Morgan fingerprint density at radius 1 is 1.14 bits per heavy atom. The van der Waals surface area contributed by atoms with Gasteiger partial charge < -0.3 is 19.2 Å². The number of halogens is 1. The maximum Gasteiger partial charge on any atom is 0.287 e. The van der Waals surface area contributed by atoms with Gasteiger partial charge in [-0.1, -0.05) is 23.7 Å². The third kappa shape index (κ3) is 4.68. The van der Waals surface area contributed by atoms with Gasteiger partial charge >= 0.3 is 0 Å². The fraction of sp³-hybridized carbons (Fsp3) is 0.407. The molecule has 0 bridgehead atoms. The predicted molar refractivity (Wildman–Crippen MR) is 134 cm³/mol. The van der Waals surface area contributed by atoms with Crippen molar-refractivity contribution in [2.45, 2.75) is 32.3 Å². The maximum atomic E-state index is 13.4. The van der Waals surface area contributed by atoms with Gasteiger partial charge in [-0.05, 0) is 56.6 Å². The van der Waals surface area contributed by atoms with Crippen LogP contribution >= 0.6 is 11.6 Å². The molecule has 3 aromatic rings. The number of nitrogens with zero attached hydrogens (tertiary/aromatic N) is 1. The lowest BCUT2D eigenvalue weighted by atomic mass is 9.84. The molecule has 7 nitrogen and oxygen atoms in total. The SMILES string of the molecule is Cc1c(C(=O)NCCCN2CCOCC2)oc2ccc3c(c12)C(=O)C[C@](C)(c1ccc(Cl)cc1)O3. The van der Waals surface area contributed by atoms with Crippen LogP contribution in [0.15, 0.2) is 40.8 Å². The second-order valence-corrected chi connectivity index (χ2v) is 9.81. The number of benzene rings is 2. The van der Waals surface area contributed by atoms with Crippen LogP contribution in [0.5, 0.6) is 5.75 Å². The summed E-state index contributed by atoms with van der Waals surface area (Å²) in [4.78, 5) is 28.6. The van der Waals surface area contributed by atoms with Gasteiger partial charge in [-0.3, -0.25) is 14.5 Å². The molecule has 0 spiro atoms. The van der Waals surface area contributed by atoms with Crippen LogP contribution in [0.3, 0.4) is 0 Å². The zero-order valence-electron chi connectivity index (χ0n) is 20.0. The molecule has 5 rings (SSSR count). The van der Waals surface area contributed by atoms with Crippen LogP contribution in [-0.2, 0) is 10.3 Å². The summed E-state index contributed by atoms with van der Waals surface area (Å²) in [6, 6.07) is 10.8. The van der Waals surface area contributed by atoms with Crippen LogP contribution in [-0.4, -0.2) is 56.0 Å². The first-order valence-electron chi connectivity index (χ1n) is 12.0. The lowest BCUT2D eigenvalue weighted by Crippen LogP contribution is -2.38. The first-order chi connectivity index (χ1) is 16.9. The number of aryl methyl sites for hydroxylation is 1. The van der Waals surface area contributed by atoms with Crippen LogP contribution in [0.2, 0.25) is 5.02 Å². The number of Topliss-reactive ketones (excluding diaryl/α,β-unsaturated/α-hetero) is 1. The van der Waals surface area contributed by atoms with Crippen molar-refractivity contribution in [3.05, 3.63) is 63.9 Å². The Morgan fingerprint density at radius 3 is 2.63 bits per heavy atom. The average molecular weight is 497 g/mol. The Bertz CT molecular complexity index is 1260. The monoisotopic (exact) mass is 496 g/mol. The summed E-state index contributed by atoms with van der Waals surface area (Å²) in [5.41, 5.74) is 1.70. The number of carbonyl (C=O) groups is 2. The molecule has 0 aliphatic carbocycles. The first-order valence-corrected chi connectivity index (χ1v) is 12.4. The van der Waals surface area contributed by atoms with Gasteiger partial charge in [0.2, 0.25) is 0 Å². The molecule has 0 radical (unpaired) electrons. The molecule has 1 aromatic heterocycles. The maximum absolute atomic E-state index is 13.4. The third-order valence-corrected chi connectivity index (χ3v) is 7.12. The number of nitrogens with one attached hydrogen (secondary N) is 1. The Kier molecular flexibility index (Phi) is 6.57. The number of amides is 1. The zero-order chi connectivity index (χ0) is 24.6. The normalized spacial score (nSPS) is 20.5. The Morgan fingerprint density at radius 2 is 1.89 bits per heavy atom. The van der Waals surface area contributed by atoms with Crippen molar-refractivity contribution in [3.8, 4) is 5.75 Å². The molecule has 0 saturated carbocycles. The van der Waals surface area contributed by atoms with Gasteiger partial charge in [0.05, 0.1) is 25.2 Å². The number of hydrogen-bond donors (Lipinski definition) is 1. The van der Waals surface area contributed by atoms with Crippen molar-refractivity contribution in [2.75, 3.05) is 39.4 Å². The molecule has 1 amide bonds. The lowest BCUT2D eigenvalue weighted by molar-refractivity contribution is 0.0374. The van der Waals surface area contributed by atoms with Crippen LogP contribution in [0, 0.1) is 6.92 Å². The molecular formula is C27H29ClN2O5. The number of ketones is 1. The summed E-state index contributed by atoms with van der Waals surface area (Å²) in [5, 5.41) is 4.22. The van der Waals surface area contributed by atoms with E-state index >= 15 is 0 Å².